The first-order valence-corrected chi connectivity index (χ1v) is 6.05. The van der Waals surface area contributed by atoms with Crippen LogP contribution in [0.4, 0.5) is 0 Å². The van der Waals surface area contributed by atoms with E-state index in [9.17, 15) is 4.79 Å². The number of carbonyl (C=O) groups is 1. The number of piperidine rings is 1. The van der Waals surface area contributed by atoms with Crippen molar-refractivity contribution in [1.29, 1.82) is 0 Å². The van der Waals surface area contributed by atoms with Gasteiger partial charge in [-0.2, -0.15) is 0 Å². The molecule has 0 aromatic rings. The Kier molecular flexibility index (Phi) is 7.77. The Bertz CT molecular complexity index is 209. The molecule has 1 saturated heterocycles. The fourth-order valence-corrected chi connectivity index (χ4v) is 2.41. The molecule has 1 N–H and O–H groups in total. The molecule has 0 aromatic heterocycles. The molecule has 1 amide bonds. The van der Waals surface area contributed by atoms with Gasteiger partial charge in [0, 0.05) is 13.1 Å². The van der Waals surface area contributed by atoms with Crippen LogP contribution in [-0.2, 0) is 4.79 Å². The number of hydrogen-bond acceptors (Lipinski definition) is 2. The van der Waals surface area contributed by atoms with Crippen molar-refractivity contribution in [1.82, 2.24) is 10.2 Å². The molecular weight excluding hydrogens is 224 g/mol. The van der Waals surface area contributed by atoms with E-state index in [2.05, 4.69) is 19.2 Å². The van der Waals surface area contributed by atoms with E-state index < -0.39 is 0 Å². The Morgan fingerprint density at radius 1 is 1.50 bits per heavy atom. The molecule has 3 nitrogen and oxygen atoms in total. The van der Waals surface area contributed by atoms with Crippen molar-refractivity contribution in [2.45, 2.75) is 33.1 Å². The number of likely N-dealkylation sites (tertiary alicyclic amines) is 1. The zero-order chi connectivity index (χ0) is 11.3. The number of likely N-dealkylation sites (N-methyl/N-ethyl adjacent to an activating group) is 1. The van der Waals surface area contributed by atoms with Crippen molar-refractivity contribution in [3.63, 3.8) is 0 Å². The number of nitrogens with zero attached hydrogens (tertiary/aromatic N) is 1. The summed E-state index contributed by atoms with van der Waals surface area (Å²) in [7, 11) is 1.83. The average molecular weight is 249 g/mol. The van der Waals surface area contributed by atoms with Crippen LogP contribution in [-0.4, -0.2) is 37.5 Å². The minimum atomic E-state index is 0. The molecule has 0 radical (unpaired) electrons. The van der Waals surface area contributed by atoms with Crippen LogP contribution < -0.4 is 5.32 Å². The molecule has 0 spiro atoms. The van der Waals surface area contributed by atoms with Gasteiger partial charge in [0.1, 0.15) is 0 Å². The lowest BCUT2D eigenvalue weighted by Gasteiger charge is -2.33. The van der Waals surface area contributed by atoms with Crippen molar-refractivity contribution in [3.8, 4) is 0 Å². The average Bonchev–Trinajstić information content (AvgIpc) is 2.17. The number of carbonyl (C=O) groups excluding carboxylic acids is 1. The second-order valence-electron chi connectivity index (χ2n) is 5.01. The molecule has 4 heteroatoms. The van der Waals surface area contributed by atoms with Crippen molar-refractivity contribution < 1.29 is 4.79 Å². The third-order valence-electron chi connectivity index (χ3n) is 3.00. The summed E-state index contributed by atoms with van der Waals surface area (Å²) in [5, 5.41) is 2.93. The minimum Gasteiger partial charge on any atom is -0.341 e. The van der Waals surface area contributed by atoms with Gasteiger partial charge in [0.25, 0.3) is 0 Å². The quantitative estimate of drug-likeness (QED) is 0.825. The molecule has 96 valence electrons. The molecule has 0 aliphatic carbocycles. The second kappa shape index (κ2) is 7.91. The zero-order valence-electron chi connectivity index (χ0n) is 10.7. The molecule has 1 fully saturated rings. The lowest BCUT2D eigenvalue weighted by Crippen LogP contribution is -2.43. The van der Waals surface area contributed by atoms with Gasteiger partial charge in [-0.1, -0.05) is 13.8 Å². The van der Waals surface area contributed by atoms with Crippen LogP contribution in [0.15, 0.2) is 0 Å². The number of halogens is 1. The predicted octanol–water partition coefficient (Wildman–Crippen LogP) is 1.91. The van der Waals surface area contributed by atoms with Crippen molar-refractivity contribution in [3.05, 3.63) is 0 Å². The molecule has 0 aromatic carbocycles. The van der Waals surface area contributed by atoms with Crippen LogP contribution in [0.1, 0.15) is 33.1 Å². The number of hydrogen-bond donors (Lipinski definition) is 1. The molecule has 0 saturated carbocycles. The Hall–Kier alpha value is -0.280. The first kappa shape index (κ1) is 15.7. The Morgan fingerprint density at radius 3 is 2.75 bits per heavy atom. The predicted molar refractivity (Wildman–Crippen MR) is 69.9 cm³/mol. The van der Waals surface area contributed by atoms with Crippen molar-refractivity contribution in [2.75, 3.05) is 26.7 Å². The van der Waals surface area contributed by atoms with Crippen LogP contribution in [0, 0.1) is 11.8 Å². The van der Waals surface area contributed by atoms with E-state index in [0.717, 1.165) is 24.9 Å². The maximum absolute atomic E-state index is 11.7. The summed E-state index contributed by atoms with van der Waals surface area (Å²) in [6, 6.07) is 0. The third kappa shape index (κ3) is 5.17. The summed E-state index contributed by atoms with van der Waals surface area (Å²) in [6.45, 7) is 6.92. The van der Waals surface area contributed by atoms with E-state index in [0.29, 0.717) is 6.54 Å². The summed E-state index contributed by atoms with van der Waals surface area (Å²) in [5.41, 5.74) is 0. The molecule has 1 unspecified atom stereocenters. The fraction of sp³-hybridized carbons (Fsp3) is 0.917. The zero-order valence-corrected chi connectivity index (χ0v) is 11.5. The SMILES string of the molecule is CNCC(=O)N1CCCC(CC(C)C)C1.Cl. The lowest BCUT2D eigenvalue weighted by atomic mass is 9.90. The van der Waals surface area contributed by atoms with Gasteiger partial charge in [-0.05, 0) is 38.1 Å². The number of amides is 1. The monoisotopic (exact) mass is 248 g/mol. The molecule has 0 bridgehead atoms. The highest BCUT2D eigenvalue weighted by molar-refractivity contribution is 5.85. The van der Waals surface area contributed by atoms with Crippen LogP contribution in [0.2, 0.25) is 0 Å². The summed E-state index contributed by atoms with van der Waals surface area (Å²) < 4.78 is 0. The van der Waals surface area contributed by atoms with E-state index in [1.807, 2.05) is 11.9 Å². The van der Waals surface area contributed by atoms with Gasteiger partial charge < -0.3 is 10.2 Å². The van der Waals surface area contributed by atoms with Gasteiger partial charge in [0.15, 0.2) is 0 Å². The van der Waals surface area contributed by atoms with Crippen LogP contribution in [0.25, 0.3) is 0 Å². The van der Waals surface area contributed by atoms with E-state index in [4.69, 9.17) is 0 Å². The Labute approximate surface area is 105 Å². The Morgan fingerprint density at radius 2 is 2.19 bits per heavy atom. The van der Waals surface area contributed by atoms with E-state index in [1.165, 1.54) is 19.3 Å². The lowest BCUT2D eigenvalue weighted by molar-refractivity contribution is -0.132. The van der Waals surface area contributed by atoms with E-state index in [-0.39, 0.29) is 18.3 Å². The summed E-state index contributed by atoms with van der Waals surface area (Å²) in [4.78, 5) is 13.7. The largest absolute Gasteiger partial charge is 0.341 e. The molecule has 1 atom stereocenters. The molecule has 1 rings (SSSR count). The smallest absolute Gasteiger partial charge is 0.236 e. The highest BCUT2D eigenvalue weighted by atomic mass is 35.5. The van der Waals surface area contributed by atoms with Crippen LogP contribution in [0.3, 0.4) is 0 Å². The summed E-state index contributed by atoms with van der Waals surface area (Å²) in [5.74, 6) is 1.72. The first-order chi connectivity index (χ1) is 7.13. The highest BCUT2D eigenvalue weighted by Crippen LogP contribution is 2.22. The standard InChI is InChI=1S/C12H24N2O.ClH/c1-10(2)7-11-5-4-6-14(9-11)12(15)8-13-3;/h10-11,13H,4-9H2,1-3H3;1H. The van der Waals surface area contributed by atoms with Gasteiger partial charge in [0.05, 0.1) is 6.54 Å². The van der Waals surface area contributed by atoms with Gasteiger partial charge >= 0.3 is 0 Å². The maximum Gasteiger partial charge on any atom is 0.236 e. The van der Waals surface area contributed by atoms with E-state index in [1.54, 1.807) is 0 Å². The summed E-state index contributed by atoms with van der Waals surface area (Å²) >= 11 is 0. The number of nitrogens with one attached hydrogen (secondary N) is 1. The third-order valence-corrected chi connectivity index (χ3v) is 3.00. The molecular formula is C12H25ClN2O. The molecule has 16 heavy (non-hydrogen) atoms. The maximum atomic E-state index is 11.7. The van der Waals surface area contributed by atoms with Gasteiger partial charge in [-0.25, -0.2) is 0 Å². The highest BCUT2D eigenvalue weighted by Gasteiger charge is 2.23. The fourth-order valence-electron chi connectivity index (χ4n) is 2.41. The van der Waals surface area contributed by atoms with Gasteiger partial charge in [-0.3, -0.25) is 4.79 Å². The normalized spacial score (nSPS) is 20.8. The minimum absolute atomic E-state index is 0. The topological polar surface area (TPSA) is 32.3 Å². The van der Waals surface area contributed by atoms with Gasteiger partial charge in [-0.15, -0.1) is 12.4 Å². The van der Waals surface area contributed by atoms with Crippen molar-refractivity contribution >= 4 is 18.3 Å². The second-order valence-corrected chi connectivity index (χ2v) is 5.01. The molecule has 1 heterocycles. The van der Waals surface area contributed by atoms with Crippen LogP contribution >= 0.6 is 12.4 Å². The van der Waals surface area contributed by atoms with E-state index >= 15 is 0 Å². The molecule has 1 aliphatic heterocycles. The first-order valence-electron chi connectivity index (χ1n) is 6.05. The van der Waals surface area contributed by atoms with Crippen molar-refractivity contribution in [2.24, 2.45) is 11.8 Å². The van der Waals surface area contributed by atoms with Crippen LogP contribution in [0.5, 0.6) is 0 Å². The van der Waals surface area contributed by atoms with Gasteiger partial charge in [0.2, 0.25) is 5.91 Å². The molecule has 1 aliphatic rings. The summed E-state index contributed by atoms with van der Waals surface area (Å²) in [6.07, 6.45) is 3.72. The Balaban J connectivity index is 0.00000225. The number of rotatable bonds is 4.